The molecule has 0 radical (unpaired) electrons. The van der Waals surface area contributed by atoms with Crippen LogP contribution in [-0.2, 0) is 0 Å². The molecule has 0 aromatic heterocycles. The predicted octanol–water partition coefficient (Wildman–Crippen LogP) is 0.921. The van der Waals surface area contributed by atoms with Crippen molar-refractivity contribution in [3.05, 3.63) is 0 Å². The first-order valence-electron chi connectivity index (χ1n) is 3.91. The van der Waals surface area contributed by atoms with E-state index in [4.69, 9.17) is 5.73 Å². The van der Waals surface area contributed by atoms with Crippen LogP contribution in [0.4, 0.5) is 8.78 Å². The van der Waals surface area contributed by atoms with Crippen LogP contribution in [0, 0.1) is 0 Å². The second-order valence-corrected chi connectivity index (χ2v) is 3.50. The lowest BCUT2D eigenvalue weighted by molar-refractivity contribution is 0.141. The quantitative estimate of drug-likeness (QED) is 0.639. The molecular formula is C7H16F2N2S. The molecule has 0 aliphatic heterocycles. The van der Waals surface area contributed by atoms with Gasteiger partial charge in [-0.1, -0.05) is 0 Å². The van der Waals surface area contributed by atoms with Gasteiger partial charge in [0.15, 0.2) is 0 Å². The lowest BCUT2D eigenvalue weighted by Gasteiger charge is -2.15. The van der Waals surface area contributed by atoms with Gasteiger partial charge in [0.2, 0.25) is 0 Å². The van der Waals surface area contributed by atoms with Crippen molar-refractivity contribution in [1.29, 1.82) is 0 Å². The molecule has 0 spiro atoms. The van der Waals surface area contributed by atoms with Crippen LogP contribution in [0.2, 0.25) is 0 Å². The molecular weight excluding hydrogens is 182 g/mol. The average molecular weight is 198 g/mol. The van der Waals surface area contributed by atoms with E-state index in [1.165, 1.54) is 0 Å². The third kappa shape index (κ3) is 6.82. The molecule has 0 heterocycles. The van der Waals surface area contributed by atoms with Crippen molar-refractivity contribution in [3.63, 3.8) is 0 Å². The van der Waals surface area contributed by atoms with Gasteiger partial charge in [-0.05, 0) is 18.4 Å². The summed E-state index contributed by atoms with van der Waals surface area (Å²) in [5.74, 6) is 0.956. The fraction of sp³-hybridized carbons (Fsp3) is 1.00. The Morgan fingerprint density at radius 3 is 2.58 bits per heavy atom. The fourth-order valence-electron chi connectivity index (χ4n) is 0.819. The summed E-state index contributed by atoms with van der Waals surface area (Å²) in [7, 11) is 0. The Balaban J connectivity index is 3.39. The first kappa shape index (κ1) is 12.1. The van der Waals surface area contributed by atoms with Crippen LogP contribution < -0.4 is 11.1 Å². The van der Waals surface area contributed by atoms with E-state index in [9.17, 15) is 8.78 Å². The Labute approximate surface area is 76.3 Å². The molecule has 1 unspecified atom stereocenters. The first-order valence-corrected chi connectivity index (χ1v) is 5.30. The molecule has 0 bridgehead atoms. The lowest BCUT2D eigenvalue weighted by atomic mass is 10.2. The summed E-state index contributed by atoms with van der Waals surface area (Å²) in [5, 5.41) is 2.72. The number of rotatable bonds is 7. The van der Waals surface area contributed by atoms with Gasteiger partial charge in [-0.2, -0.15) is 11.8 Å². The number of alkyl halides is 2. The topological polar surface area (TPSA) is 38.0 Å². The molecule has 0 rings (SSSR count). The van der Waals surface area contributed by atoms with Gasteiger partial charge in [-0.25, -0.2) is 8.78 Å². The molecule has 0 saturated heterocycles. The number of nitrogens with two attached hydrogens (primary N) is 1. The molecule has 1 atom stereocenters. The predicted molar refractivity (Wildman–Crippen MR) is 49.8 cm³/mol. The van der Waals surface area contributed by atoms with Crippen LogP contribution in [0.15, 0.2) is 0 Å². The zero-order chi connectivity index (χ0) is 9.40. The third-order valence-corrected chi connectivity index (χ3v) is 2.16. The number of nitrogens with one attached hydrogen (secondary N) is 1. The molecule has 0 aromatic carbocycles. The highest BCUT2D eigenvalue weighted by molar-refractivity contribution is 7.98. The highest BCUT2D eigenvalue weighted by Gasteiger charge is 2.08. The number of thioether (sulfide) groups is 1. The second-order valence-electron chi connectivity index (χ2n) is 2.51. The van der Waals surface area contributed by atoms with Crippen molar-refractivity contribution in [2.45, 2.75) is 18.9 Å². The normalized spacial score (nSPS) is 13.8. The molecule has 3 N–H and O–H groups in total. The van der Waals surface area contributed by atoms with Crippen molar-refractivity contribution in [2.24, 2.45) is 5.73 Å². The van der Waals surface area contributed by atoms with E-state index >= 15 is 0 Å². The van der Waals surface area contributed by atoms with E-state index in [2.05, 4.69) is 5.32 Å². The van der Waals surface area contributed by atoms with Gasteiger partial charge in [0, 0.05) is 12.6 Å². The molecule has 2 nitrogen and oxygen atoms in total. The van der Waals surface area contributed by atoms with Crippen molar-refractivity contribution < 1.29 is 8.78 Å². The summed E-state index contributed by atoms with van der Waals surface area (Å²) in [5.41, 5.74) is 5.38. The minimum Gasteiger partial charge on any atom is -0.329 e. The minimum absolute atomic E-state index is 0.0337. The Morgan fingerprint density at radius 2 is 2.17 bits per heavy atom. The van der Waals surface area contributed by atoms with E-state index < -0.39 is 6.43 Å². The molecule has 0 aromatic rings. The molecule has 12 heavy (non-hydrogen) atoms. The number of halogens is 2. The van der Waals surface area contributed by atoms with Gasteiger partial charge in [0.25, 0.3) is 6.43 Å². The summed E-state index contributed by atoms with van der Waals surface area (Å²) >= 11 is 1.70. The molecule has 0 fully saturated rings. The minimum atomic E-state index is -2.28. The summed E-state index contributed by atoms with van der Waals surface area (Å²) in [6, 6.07) is 0.0337. The van der Waals surface area contributed by atoms with E-state index in [-0.39, 0.29) is 12.6 Å². The van der Waals surface area contributed by atoms with Gasteiger partial charge < -0.3 is 11.1 Å². The second kappa shape index (κ2) is 7.76. The highest BCUT2D eigenvalue weighted by Crippen LogP contribution is 2.00. The standard InChI is InChI=1S/C7H16F2N2S/c1-12-3-2-6(4-10)11-5-7(8)9/h6-7,11H,2-5,10H2,1H3. The van der Waals surface area contributed by atoms with Gasteiger partial charge in [0.1, 0.15) is 0 Å². The summed E-state index contributed by atoms with van der Waals surface area (Å²) in [6.07, 6.45) is 0.554. The van der Waals surface area contributed by atoms with E-state index in [1.54, 1.807) is 11.8 Å². The van der Waals surface area contributed by atoms with Gasteiger partial charge >= 0.3 is 0 Å². The third-order valence-electron chi connectivity index (χ3n) is 1.52. The van der Waals surface area contributed by atoms with E-state index in [1.807, 2.05) is 6.26 Å². The molecule has 74 valence electrons. The molecule has 0 amide bonds. The average Bonchev–Trinajstić information content (AvgIpc) is 2.05. The van der Waals surface area contributed by atoms with E-state index in [0.717, 1.165) is 12.2 Å². The van der Waals surface area contributed by atoms with Gasteiger partial charge in [0.05, 0.1) is 6.54 Å². The van der Waals surface area contributed by atoms with Crippen LogP contribution in [0.1, 0.15) is 6.42 Å². The van der Waals surface area contributed by atoms with Crippen LogP contribution in [0.3, 0.4) is 0 Å². The molecule has 5 heteroatoms. The Morgan fingerprint density at radius 1 is 1.50 bits per heavy atom. The van der Waals surface area contributed by atoms with Gasteiger partial charge in [-0.3, -0.25) is 0 Å². The maximum atomic E-state index is 11.7. The molecule has 0 saturated carbocycles. The monoisotopic (exact) mass is 198 g/mol. The molecule has 0 aliphatic carbocycles. The van der Waals surface area contributed by atoms with Crippen LogP contribution in [-0.4, -0.2) is 37.6 Å². The largest absolute Gasteiger partial charge is 0.329 e. The SMILES string of the molecule is CSCCC(CN)NCC(F)F. The summed E-state index contributed by atoms with van der Waals surface area (Å²) < 4.78 is 23.5. The van der Waals surface area contributed by atoms with Crippen molar-refractivity contribution in [1.82, 2.24) is 5.32 Å². The smallest absolute Gasteiger partial charge is 0.250 e. The zero-order valence-electron chi connectivity index (χ0n) is 7.22. The lowest BCUT2D eigenvalue weighted by Crippen LogP contribution is -2.39. The van der Waals surface area contributed by atoms with Crippen LogP contribution in [0.25, 0.3) is 0 Å². The molecule has 0 aliphatic rings. The van der Waals surface area contributed by atoms with Crippen LogP contribution in [0.5, 0.6) is 0 Å². The number of hydrogen-bond acceptors (Lipinski definition) is 3. The summed E-state index contributed by atoms with van der Waals surface area (Å²) in [6.45, 7) is 0.170. The maximum Gasteiger partial charge on any atom is 0.250 e. The first-order chi connectivity index (χ1) is 5.70. The van der Waals surface area contributed by atoms with E-state index in [0.29, 0.717) is 6.54 Å². The Hall–Kier alpha value is 0.130. The number of hydrogen-bond donors (Lipinski definition) is 2. The summed E-state index contributed by atoms with van der Waals surface area (Å²) in [4.78, 5) is 0. The Bertz CT molecular complexity index is 103. The zero-order valence-corrected chi connectivity index (χ0v) is 8.04. The fourth-order valence-corrected chi connectivity index (χ4v) is 1.34. The van der Waals surface area contributed by atoms with Crippen molar-refractivity contribution in [2.75, 3.05) is 25.1 Å². The van der Waals surface area contributed by atoms with Crippen molar-refractivity contribution in [3.8, 4) is 0 Å². The van der Waals surface area contributed by atoms with Crippen LogP contribution >= 0.6 is 11.8 Å². The maximum absolute atomic E-state index is 11.7. The van der Waals surface area contributed by atoms with Gasteiger partial charge in [-0.15, -0.1) is 0 Å². The Kier molecular flexibility index (Phi) is 7.85. The van der Waals surface area contributed by atoms with Crippen molar-refractivity contribution >= 4 is 11.8 Å². The highest BCUT2D eigenvalue weighted by atomic mass is 32.2.